The van der Waals surface area contributed by atoms with Crippen LogP contribution in [0.25, 0.3) is 21.9 Å². The fourth-order valence-electron chi connectivity index (χ4n) is 6.80. The quantitative estimate of drug-likeness (QED) is 0.175. The van der Waals surface area contributed by atoms with E-state index in [0.717, 1.165) is 39.0 Å². The molecule has 0 saturated carbocycles. The van der Waals surface area contributed by atoms with Crippen molar-refractivity contribution < 1.29 is 4.42 Å². The van der Waals surface area contributed by atoms with Gasteiger partial charge in [0.2, 0.25) is 0 Å². The Kier molecular flexibility index (Phi) is 6.73. The molecule has 0 amide bonds. The molecule has 0 radical (unpaired) electrons. The number of fused-ring (bicyclic) bond motifs is 3. The van der Waals surface area contributed by atoms with Gasteiger partial charge in [0.25, 0.3) is 0 Å². The Labute approximate surface area is 263 Å². The molecule has 2 heteroatoms. The standard InChI is InChI=1S/C43H31NO/c1-5-15-32(16-6-1)43(33-17-7-2-8-18-33,35-27-30-42-40(31-35)39-23-13-14-24-41(39)45-42)34-25-28-38(29-26-34)44(36-19-9-3-10-20-36)37-21-11-4-12-22-37/h1-31H. The molecule has 2 nitrogen and oxygen atoms in total. The molecule has 45 heavy (non-hydrogen) atoms. The lowest BCUT2D eigenvalue weighted by molar-refractivity contribution is 0.668. The summed E-state index contributed by atoms with van der Waals surface area (Å²) in [5.41, 5.74) is 9.36. The Hall–Kier alpha value is -5.86. The van der Waals surface area contributed by atoms with Crippen molar-refractivity contribution in [1.82, 2.24) is 0 Å². The number of rotatable bonds is 7. The Morgan fingerprint density at radius 1 is 0.333 bits per heavy atom. The van der Waals surface area contributed by atoms with Gasteiger partial charge in [-0.2, -0.15) is 0 Å². The monoisotopic (exact) mass is 577 g/mol. The summed E-state index contributed by atoms with van der Waals surface area (Å²) in [6.45, 7) is 0. The summed E-state index contributed by atoms with van der Waals surface area (Å²) < 4.78 is 6.26. The molecule has 1 aromatic heterocycles. The molecule has 0 N–H and O–H groups in total. The van der Waals surface area contributed by atoms with Crippen LogP contribution in [0.3, 0.4) is 0 Å². The van der Waals surface area contributed by atoms with E-state index in [-0.39, 0.29) is 0 Å². The van der Waals surface area contributed by atoms with Crippen LogP contribution in [-0.2, 0) is 5.41 Å². The highest BCUT2D eigenvalue weighted by atomic mass is 16.3. The van der Waals surface area contributed by atoms with Crippen LogP contribution in [0, 0.1) is 0 Å². The third kappa shape index (κ3) is 4.59. The summed E-state index contributed by atoms with van der Waals surface area (Å²) in [6, 6.07) is 66.9. The lowest BCUT2D eigenvalue weighted by Gasteiger charge is -2.37. The molecule has 1 heterocycles. The van der Waals surface area contributed by atoms with Gasteiger partial charge in [-0.05, 0) is 76.9 Å². The second-order valence-electron chi connectivity index (χ2n) is 11.3. The van der Waals surface area contributed by atoms with E-state index >= 15 is 0 Å². The summed E-state index contributed by atoms with van der Waals surface area (Å²) in [6.07, 6.45) is 0. The molecule has 0 fully saturated rings. The minimum absolute atomic E-state index is 0.571. The first kappa shape index (κ1) is 26.7. The van der Waals surface area contributed by atoms with E-state index in [1.165, 1.54) is 22.3 Å². The van der Waals surface area contributed by atoms with E-state index in [2.05, 4.69) is 181 Å². The first-order valence-electron chi connectivity index (χ1n) is 15.4. The second kappa shape index (κ2) is 11.3. The number of para-hydroxylation sites is 3. The van der Waals surface area contributed by atoms with Crippen LogP contribution in [0.1, 0.15) is 22.3 Å². The zero-order valence-corrected chi connectivity index (χ0v) is 24.8. The molecule has 0 saturated heterocycles. The van der Waals surface area contributed by atoms with E-state index < -0.39 is 5.41 Å². The largest absolute Gasteiger partial charge is 0.456 e. The predicted molar refractivity (Wildman–Crippen MR) is 187 cm³/mol. The number of anilines is 3. The molecular formula is C43H31NO. The van der Waals surface area contributed by atoms with Crippen LogP contribution in [0.5, 0.6) is 0 Å². The van der Waals surface area contributed by atoms with Gasteiger partial charge >= 0.3 is 0 Å². The minimum atomic E-state index is -0.571. The van der Waals surface area contributed by atoms with Gasteiger partial charge in [0.15, 0.2) is 0 Å². The number of hydrogen-bond acceptors (Lipinski definition) is 2. The van der Waals surface area contributed by atoms with E-state index in [1.54, 1.807) is 0 Å². The van der Waals surface area contributed by atoms with Gasteiger partial charge in [0, 0.05) is 27.8 Å². The van der Waals surface area contributed by atoms with Gasteiger partial charge in [0.1, 0.15) is 11.2 Å². The SMILES string of the molecule is c1ccc(N(c2ccccc2)c2ccc(C(c3ccccc3)(c3ccccc3)c3ccc4oc5ccccc5c4c3)cc2)cc1. The third-order valence-electron chi connectivity index (χ3n) is 8.81. The van der Waals surface area contributed by atoms with Gasteiger partial charge in [-0.15, -0.1) is 0 Å². The average Bonchev–Trinajstić information content (AvgIpc) is 3.50. The highest BCUT2D eigenvalue weighted by molar-refractivity contribution is 6.05. The Morgan fingerprint density at radius 2 is 0.756 bits per heavy atom. The number of nitrogens with zero attached hydrogens (tertiary/aromatic N) is 1. The van der Waals surface area contributed by atoms with E-state index in [9.17, 15) is 0 Å². The molecule has 214 valence electrons. The summed E-state index contributed by atoms with van der Waals surface area (Å²) in [5, 5.41) is 2.25. The Morgan fingerprint density at radius 3 is 1.33 bits per heavy atom. The summed E-state index contributed by atoms with van der Waals surface area (Å²) in [4.78, 5) is 2.31. The molecule has 0 atom stereocenters. The first-order chi connectivity index (χ1) is 22.3. The zero-order chi connectivity index (χ0) is 30.1. The molecule has 8 rings (SSSR count). The second-order valence-corrected chi connectivity index (χ2v) is 11.3. The molecule has 0 aliphatic carbocycles. The topological polar surface area (TPSA) is 16.4 Å². The van der Waals surface area contributed by atoms with Crippen LogP contribution >= 0.6 is 0 Å². The molecule has 8 aromatic rings. The lowest BCUT2D eigenvalue weighted by Crippen LogP contribution is -2.31. The van der Waals surface area contributed by atoms with Gasteiger partial charge in [-0.3, -0.25) is 0 Å². The van der Waals surface area contributed by atoms with Crippen molar-refractivity contribution in [1.29, 1.82) is 0 Å². The van der Waals surface area contributed by atoms with E-state index in [4.69, 9.17) is 4.42 Å². The van der Waals surface area contributed by atoms with Crippen LogP contribution in [0.2, 0.25) is 0 Å². The molecular weight excluding hydrogens is 546 g/mol. The average molecular weight is 578 g/mol. The molecule has 0 unspecified atom stereocenters. The number of benzene rings is 7. The van der Waals surface area contributed by atoms with Crippen molar-refractivity contribution in [2.45, 2.75) is 5.41 Å². The normalized spacial score (nSPS) is 11.6. The fraction of sp³-hybridized carbons (Fsp3) is 0.0233. The molecule has 7 aromatic carbocycles. The van der Waals surface area contributed by atoms with Crippen molar-refractivity contribution in [2.24, 2.45) is 0 Å². The third-order valence-corrected chi connectivity index (χ3v) is 8.81. The molecule has 0 aliphatic rings. The van der Waals surface area contributed by atoms with Crippen molar-refractivity contribution in [2.75, 3.05) is 4.90 Å². The van der Waals surface area contributed by atoms with Crippen molar-refractivity contribution in [3.63, 3.8) is 0 Å². The zero-order valence-electron chi connectivity index (χ0n) is 24.8. The fourth-order valence-corrected chi connectivity index (χ4v) is 6.80. The summed E-state index contributed by atoms with van der Waals surface area (Å²) >= 11 is 0. The van der Waals surface area contributed by atoms with Gasteiger partial charge in [-0.25, -0.2) is 0 Å². The molecule has 0 bridgehead atoms. The van der Waals surface area contributed by atoms with E-state index in [0.29, 0.717) is 0 Å². The predicted octanol–water partition coefficient (Wildman–Crippen LogP) is 11.4. The number of hydrogen-bond donors (Lipinski definition) is 0. The van der Waals surface area contributed by atoms with Gasteiger partial charge in [-0.1, -0.05) is 133 Å². The highest BCUT2D eigenvalue weighted by Gasteiger charge is 2.38. The minimum Gasteiger partial charge on any atom is -0.456 e. The van der Waals surface area contributed by atoms with Crippen molar-refractivity contribution in [3.05, 3.63) is 210 Å². The van der Waals surface area contributed by atoms with Crippen LogP contribution in [0.4, 0.5) is 17.1 Å². The van der Waals surface area contributed by atoms with Crippen LogP contribution < -0.4 is 4.90 Å². The molecule has 0 spiro atoms. The van der Waals surface area contributed by atoms with Gasteiger partial charge in [0.05, 0.1) is 5.41 Å². The summed E-state index contributed by atoms with van der Waals surface area (Å²) in [7, 11) is 0. The maximum absolute atomic E-state index is 6.26. The molecule has 0 aliphatic heterocycles. The lowest BCUT2D eigenvalue weighted by atomic mass is 9.65. The maximum atomic E-state index is 6.26. The smallest absolute Gasteiger partial charge is 0.135 e. The van der Waals surface area contributed by atoms with Gasteiger partial charge < -0.3 is 9.32 Å². The Balaban J connectivity index is 1.38. The Bertz CT molecular complexity index is 2110. The first-order valence-corrected chi connectivity index (χ1v) is 15.4. The number of furan rings is 1. The van der Waals surface area contributed by atoms with Crippen LogP contribution in [0.15, 0.2) is 192 Å². The summed E-state index contributed by atoms with van der Waals surface area (Å²) in [5.74, 6) is 0. The maximum Gasteiger partial charge on any atom is 0.135 e. The van der Waals surface area contributed by atoms with Crippen molar-refractivity contribution in [3.8, 4) is 0 Å². The van der Waals surface area contributed by atoms with Crippen molar-refractivity contribution >= 4 is 39.0 Å². The van der Waals surface area contributed by atoms with E-state index in [1.807, 2.05) is 12.1 Å². The highest BCUT2D eigenvalue weighted by Crippen LogP contribution is 2.47. The van der Waals surface area contributed by atoms with Crippen LogP contribution in [-0.4, -0.2) is 0 Å².